The van der Waals surface area contributed by atoms with Crippen LogP contribution in [0.1, 0.15) is 21.7 Å². The third-order valence-electron chi connectivity index (χ3n) is 6.78. The van der Waals surface area contributed by atoms with Crippen molar-refractivity contribution >= 4 is 38.0 Å². The van der Waals surface area contributed by atoms with Crippen molar-refractivity contribution in [2.75, 3.05) is 43.1 Å². The predicted octanol–water partition coefficient (Wildman–Crippen LogP) is 4.61. The molecule has 0 atom stereocenters. The van der Waals surface area contributed by atoms with Gasteiger partial charge in [0.15, 0.2) is 10.9 Å². The quantitative estimate of drug-likeness (QED) is 0.297. The zero-order chi connectivity index (χ0) is 27.4. The number of methoxy groups -OCH3 is 1. The number of primary sulfonamides is 1. The minimum Gasteiger partial charge on any atom is -0.497 e. The van der Waals surface area contributed by atoms with Gasteiger partial charge in [-0.05, 0) is 42.8 Å². The zero-order valence-corrected chi connectivity index (χ0v) is 23.2. The number of aryl methyl sites for hydroxylation is 1. The van der Waals surface area contributed by atoms with Gasteiger partial charge in [0.25, 0.3) is 0 Å². The molecule has 0 aliphatic carbocycles. The monoisotopic (exact) mass is 562 g/mol. The number of carbonyl (C=O) groups is 1. The van der Waals surface area contributed by atoms with Gasteiger partial charge in [-0.15, -0.1) is 11.3 Å². The van der Waals surface area contributed by atoms with E-state index in [4.69, 9.17) is 14.9 Å². The first-order valence-corrected chi connectivity index (χ1v) is 15.0. The van der Waals surface area contributed by atoms with E-state index in [0.717, 1.165) is 53.2 Å². The van der Waals surface area contributed by atoms with Gasteiger partial charge in [-0.3, -0.25) is 4.79 Å². The second kappa shape index (κ2) is 11.6. The molecule has 0 saturated carbocycles. The fraction of sp³-hybridized carbons (Fsp3) is 0.241. The van der Waals surface area contributed by atoms with Crippen molar-refractivity contribution < 1.29 is 17.9 Å². The van der Waals surface area contributed by atoms with Crippen LogP contribution in [0.2, 0.25) is 0 Å². The normalized spacial score (nSPS) is 13.9. The Hall–Kier alpha value is -3.73. The molecule has 0 radical (unpaired) electrons. The summed E-state index contributed by atoms with van der Waals surface area (Å²) in [5, 5.41) is 6.19. The standard InChI is InChI=1S/C29H30N4O4S2/c1-37-24-12-10-23(11-13-24)32-16-18-33(19-17-32)29-31-28(21-6-3-2-4-7-21)27(38-29)15-14-26(34)22-8-5-9-25(20-22)39(30,35)36/h2-13,20H,14-19H2,1H3,(H2,30,35,36). The number of sulfonamides is 1. The van der Waals surface area contributed by atoms with E-state index in [2.05, 4.69) is 21.9 Å². The van der Waals surface area contributed by atoms with Gasteiger partial charge < -0.3 is 14.5 Å². The minimum absolute atomic E-state index is 0.0628. The maximum absolute atomic E-state index is 13.0. The minimum atomic E-state index is -3.88. The first kappa shape index (κ1) is 26.9. The largest absolute Gasteiger partial charge is 0.497 e. The number of thiazole rings is 1. The Kier molecular flexibility index (Phi) is 7.97. The van der Waals surface area contributed by atoms with E-state index in [9.17, 15) is 13.2 Å². The van der Waals surface area contributed by atoms with Gasteiger partial charge in [-0.1, -0.05) is 42.5 Å². The number of ether oxygens (including phenoxy) is 1. The van der Waals surface area contributed by atoms with Gasteiger partial charge in [-0.2, -0.15) is 0 Å². The third kappa shape index (κ3) is 6.30. The topological polar surface area (TPSA) is 106 Å². The number of anilines is 2. The van der Waals surface area contributed by atoms with Gasteiger partial charge >= 0.3 is 0 Å². The lowest BCUT2D eigenvalue weighted by Gasteiger charge is -2.36. The number of hydrogen-bond donors (Lipinski definition) is 1. The summed E-state index contributed by atoms with van der Waals surface area (Å²) in [7, 11) is -2.21. The molecule has 1 fully saturated rings. The summed E-state index contributed by atoms with van der Waals surface area (Å²) in [5.74, 6) is 0.708. The average Bonchev–Trinajstić information content (AvgIpc) is 3.40. The van der Waals surface area contributed by atoms with Crippen molar-refractivity contribution in [3.05, 3.63) is 89.3 Å². The third-order valence-corrected chi connectivity index (χ3v) is 8.87. The van der Waals surface area contributed by atoms with Crippen LogP contribution in [0.4, 0.5) is 10.8 Å². The molecule has 8 nitrogen and oxygen atoms in total. The fourth-order valence-corrected chi connectivity index (χ4v) is 6.33. The Bertz CT molecular complexity index is 1550. The van der Waals surface area contributed by atoms with Crippen LogP contribution in [0.3, 0.4) is 0 Å². The summed E-state index contributed by atoms with van der Waals surface area (Å²) in [6, 6.07) is 24.0. The van der Waals surface area contributed by atoms with E-state index in [0.29, 0.717) is 12.0 Å². The molecule has 202 valence electrons. The van der Waals surface area contributed by atoms with Crippen LogP contribution in [0.25, 0.3) is 11.3 Å². The van der Waals surface area contributed by atoms with Crippen LogP contribution < -0.4 is 19.7 Å². The summed E-state index contributed by atoms with van der Waals surface area (Å²) < 4.78 is 28.7. The molecule has 5 rings (SSSR count). The Labute approximate surface area is 232 Å². The molecule has 39 heavy (non-hydrogen) atoms. The molecular weight excluding hydrogens is 532 g/mol. The van der Waals surface area contributed by atoms with E-state index in [1.165, 1.54) is 17.8 Å². The van der Waals surface area contributed by atoms with E-state index in [1.54, 1.807) is 30.6 Å². The number of Topliss-reactive ketones (excluding diaryl/α,β-unsaturated/α-hetero) is 1. The maximum atomic E-state index is 13.0. The smallest absolute Gasteiger partial charge is 0.238 e. The number of aromatic nitrogens is 1. The van der Waals surface area contributed by atoms with Gasteiger partial charge in [0.2, 0.25) is 10.0 Å². The van der Waals surface area contributed by atoms with Crippen LogP contribution in [0.15, 0.2) is 83.8 Å². The molecule has 2 heterocycles. The Morgan fingerprint density at radius 1 is 0.949 bits per heavy atom. The molecule has 1 aliphatic heterocycles. The van der Waals surface area contributed by atoms with Crippen LogP contribution in [-0.2, 0) is 16.4 Å². The van der Waals surface area contributed by atoms with Crippen molar-refractivity contribution in [1.29, 1.82) is 0 Å². The van der Waals surface area contributed by atoms with E-state index < -0.39 is 10.0 Å². The van der Waals surface area contributed by atoms with Crippen molar-refractivity contribution in [3.63, 3.8) is 0 Å². The van der Waals surface area contributed by atoms with Crippen molar-refractivity contribution in [2.24, 2.45) is 5.14 Å². The number of nitrogens with zero attached hydrogens (tertiary/aromatic N) is 3. The molecule has 4 aromatic rings. The highest BCUT2D eigenvalue weighted by molar-refractivity contribution is 7.89. The van der Waals surface area contributed by atoms with Crippen LogP contribution in [-0.4, -0.2) is 52.5 Å². The van der Waals surface area contributed by atoms with Crippen molar-refractivity contribution in [3.8, 4) is 17.0 Å². The molecule has 1 aromatic heterocycles. The molecule has 0 bridgehead atoms. The number of nitrogens with two attached hydrogens (primary N) is 1. The first-order chi connectivity index (χ1) is 18.8. The van der Waals surface area contributed by atoms with E-state index in [-0.39, 0.29) is 17.1 Å². The summed E-state index contributed by atoms with van der Waals surface area (Å²) in [5.41, 5.74) is 3.40. The van der Waals surface area contributed by atoms with Crippen molar-refractivity contribution in [2.45, 2.75) is 17.7 Å². The zero-order valence-electron chi connectivity index (χ0n) is 21.6. The highest BCUT2D eigenvalue weighted by Gasteiger charge is 2.23. The molecule has 1 saturated heterocycles. The van der Waals surface area contributed by atoms with E-state index in [1.807, 2.05) is 42.5 Å². The van der Waals surface area contributed by atoms with Crippen LogP contribution in [0, 0.1) is 0 Å². The number of benzene rings is 3. The van der Waals surface area contributed by atoms with Gasteiger partial charge in [0, 0.05) is 54.3 Å². The van der Waals surface area contributed by atoms with Gasteiger partial charge in [0.1, 0.15) is 5.75 Å². The highest BCUT2D eigenvalue weighted by Crippen LogP contribution is 2.35. The lowest BCUT2D eigenvalue weighted by Crippen LogP contribution is -2.46. The second-order valence-electron chi connectivity index (χ2n) is 9.30. The molecule has 0 amide bonds. The summed E-state index contributed by atoms with van der Waals surface area (Å²) >= 11 is 1.62. The maximum Gasteiger partial charge on any atom is 0.238 e. The molecular formula is C29H30N4O4S2. The molecule has 2 N–H and O–H groups in total. The number of carbonyl (C=O) groups excluding carboxylic acids is 1. The molecule has 1 aliphatic rings. The lowest BCUT2D eigenvalue weighted by atomic mass is 10.0. The predicted molar refractivity (Wildman–Crippen MR) is 155 cm³/mol. The SMILES string of the molecule is COc1ccc(N2CCN(c3nc(-c4ccccc4)c(CCC(=O)c4cccc(S(N)(=O)=O)c4)s3)CC2)cc1. The molecule has 0 spiro atoms. The fourth-order valence-electron chi connectivity index (χ4n) is 4.63. The molecule has 0 unspecified atom stereocenters. The summed E-state index contributed by atoms with van der Waals surface area (Å²) in [4.78, 5) is 23.6. The van der Waals surface area contributed by atoms with Crippen LogP contribution >= 0.6 is 11.3 Å². The summed E-state index contributed by atoms with van der Waals surface area (Å²) in [6.07, 6.45) is 0.743. The lowest BCUT2D eigenvalue weighted by molar-refractivity contribution is 0.0983. The Morgan fingerprint density at radius 3 is 2.31 bits per heavy atom. The van der Waals surface area contributed by atoms with Gasteiger partial charge in [-0.25, -0.2) is 18.5 Å². The van der Waals surface area contributed by atoms with Gasteiger partial charge in [0.05, 0.1) is 17.7 Å². The number of ketones is 1. The second-order valence-corrected chi connectivity index (χ2v) is 11.9. The number of rotatable bonds is 9. The highest BCUT2D eigenvalue weighted by atomic mass is 32.2. The number of hydrogen-bond acceptors (Lipinski definition) is 8. The van der Waals surface area contributed by atoms with Crippen molar-refractivity contribution in [1.82, 2.24) is 4.98 Å². The molecule has 3 aromatic carbocycles. The van der Waals surface area contributed by atoms with Crippen LogP contribution in [0.5, 0.6) is 5.75 Å². The number of piperazine rings is 1. The Morgan fingerprint density at radius 2 is 1.64 bits per heavy atom. The average molecular weight is 563 g/mol. The molecule has 10 heteroatoms. The first-order valence-electron chi connectivity index (χ1n) is 12.7. The Balaban J connectivity index is 1.32. The van der Waals surface area contributed by atoms with E-state index >= 15 is 0 Å². The summed E-state index contributed by atoms with van der Waals surface area (Å²) in [6.45, 7) is 3.43.